The van der Waals surface area contributed by atoms with Crippen molar-refractivity contribution in [1.82, 2.24) is 0 Å². The van der Waals surface area contributed by atoms with Crippen LogP contribution in [0.3, 0.4) is 0 Å². The molecule has 1 heterocycles. The number of carbonyl (C=O) groups is 2. The topological polar surface area (TPSA) is 55.4 Å². The lowest BCUT2D eigenvalue weighted by atomic mass is 10.2. The quantitative estimate of drug-likeness (QED) is 0.610. The van der Waals surface area contributed by atoms with Gasteiger partial charge >= 0.3 is 5.97 Å². The highest BCUT2D eigenvalue weighted by Gasteiger charge is 2.19. The Morgan fingerprint density at radius 1 is 1.16 bits per heavy atom. The molecule has 0 bridgehead atoms. The molecule has 0 fully saturated rings. The number of anilines is 1. The van der Waals surface area contributed by atoms with Crippen molar-refractivity contribution in [2.75, 3.05) is 11.9 Å². The smallest absolute Gasteiger partial charge is 0.350 e. The number of nitrogens with one attached hydrogen (secondary N) is 1. The van der Waals surface area contributed by atoms with E-state index in [1.54, 1.807) is 18.2 Å². The number of amides is 1. The van der Waals surface area contributed by atoms with E-state index in [4.69, 9.17) is 27.9 Å². The summed E-state index contributed by atoms with van der Waals surface area (Å²) in [6.07, 6.45) is 0. The van der Waals surface area contributed by atoms with Crippen LogP contribution < -0.4 is 5.32 Å². The number of hydrogen-bond acceptors (Lipinski definition) is 4. The van der Waals surface area contributed by atoms with Crippen LogP contribution in [0.2, 0.25) is 10.0 Å². The summed E-state index contributed by atoms with van der Waals surface area (Å²) < 4.78 is 5.97. The summed E-state index contributed by atoms with van der Waals surface area (Å²) in [5.41, 5.74) is 1.44. The highest BCUT2D eigenvalue weighted by Crippen LogP contribution is 2.35. The summed E-state index contributed by atoms with van der Waals surface area (Å²) >= 11 is 13.3. The zero-order chi connectivity index (χ0) is 18.0. The van der Waals surface area contributed by atoms with E-state index < -0.39 is 18.5 Å². The van der Waals surface area contributed by atoms with Crippen molar-refractivity contribution >= 4 is 62.2 Å². The Morgan fingerprint density at radius 3 is 2.64 bits per heavy atom. The largest absolute Gasteiger partial charge is 0.451 e. The van der Waals surface area contributed by atoms with Crippen LogP contribution in [-0.2, 0) is 9.53 Å². The molecule has 0 saturated heterocycles. The first-order valence-corrected chi connectivity index (χ1v) is 8.93. The van der Waals surface area contributed by atoms with Crippen molar-refractivity contribution < 1.29 is 14.3 Å². The normalized spacial score (nSPS) is 10.7. The summed E-state index contributed by atoms with van der Waals surface area (Å²) in [6, 6.07) is 12.5. The molecular weight excluding hydrogens is 381 g/mol. The molecular formula is C18H13Cl2NO3S. The average molecular weight is 394 g/mol. The molecule has 0 spiro atoms. The van der Waals surface area contributed by atoms with Gasteiger partial charge in [0.25, 0.3) is 5.91 Å². The molecule has 3 rings (SSSR count). The fraction of sp³-hybridized carbons (Fsp3) is 0.111. The molecule has 128 valence electrons. The highest BCUT2D eigenvalue weighted by molar-refractivity contribution is 7.21. The molecule has 0 aliphatic carbocycles. The number of ether oxygens (including phenoxy) is 1. The number of benzene rings is 2. The Balaban J connectivity index is 1.65. The summed E-state index contributed by atoms with van der Waals surface area (Å²) in [4.78, 5) is 24.5. The van der Waals surface area contributed by atoms with Gasteiger partial charge in [-0.15, -0.1) is 11.3 Å². The minimum absolute atomic E-state index is 0.290. The Kier molecular flexibility index (Phi) is 5.27. The number of halogens is 2. The second kappa shape index (κ2) is 7.44. The van der Waals surface area contributed by atoms with Crippen LogP contribution >= 0.6 is 34.5 Å². The molecule has 0 aliphatic heterocycles. The first-order chi connectivity index (χ1) is 12.0. The number of fused-ring (bicyclic) bond motifs is 1. The number of aryl methyl sites for hydroxylation is 1. The van der Waals surface area contributed by atoms with Crippen LogP contribution in [0.4, 0.5) is 5.69 Å². The summed E-state index contributed by atoms with van der Waals surface area (Å²) in [5.74, 6) is -1.05. The number of hydrogen-bond donors (Lipinski definition) is 1. The highest BCUT2D eigenvalue weighted by atomic mass is 35.5. The van der Waals surface area contributed by atoms with E-state index in [9.17, 15) is 9.59 Å². The first kappa shape index (κ1) is 17.7. The molecule has 0 unspecified atom stereocenters. The third-order valence-electron chi connectivity index (χ3n) is 3.52. The molecule has 25 heavy (non-hydrogen) atoms. The van der Waals surface area contributed by atoms with Gasteiger partial charge in [-0.3, -0.25) is 4.79 Å². The molecule has 3 aromatic rings. The molecule has 0 saturated carbocycles. The predicted octanol–water partition coefficient (Wildman–Crippen LogP) is 5.31. The standard InChI is InChI=1S/C18H13Cl2NO3S/c1-10-8-11(19)6-7-13(10)21-15(22)9-24-18(23)17-16(20)12-4-2-3-5-14(12)25-17/h2-8H,9H2,1H3,(H,21,22). The Labute approximate surface area is 158 Å². The molecule has 0 aliphatic rings. The van der Waals surface area contributed by atoms with Gasteiger partial charge in [-0.1, -0.05) is 41.4 Å². The van der Waals surface area contributed by atoms with E-state index in [0.717, 1.165) is 15.6 Å². The maximum Gasteiger partial charge on any atom is 0.350 e. The second-order valence-electron chi connectivity index (χ2n) is 5.32. The van der Waals surface area contributed by atoms with Crippen LogP contribution in [-0.4, -0.2) is 18.5 Å². The van der Waals surface area contributed by atoms with E-state index >= 15 is 0 Å². The zero-order valence-corrected chi connectivity index (χ0v) is 15.5. The summed E-state index contributed by atoms with van der Waals surface area (Å²) in [6.45, 7) is 1.43. The molecule has 0 radical (unpaired) electrons. The molecule has 1 aromatic heterocycles. The Hall–Kier alpha value is -2.08. The van der Waals surface area contributed by atoms with Crippen LogP contribution in [0, 0.1) is 6.92 Å². The Morgan fingerprint density at radius 2 is 1.92 bits per heavy atom. The fourth-order valence-corrected chi connectivity index (χ4v) is 3.92. The number of esters is 1. The maximum absolute atomic E-state index is 12.2. The lowest BCUT2D eigenvalue weighted by Gasteiger charge is -2.09. The number of carbonyl (C=O) groups excluding carboxylic acids is 2. The fourth-order valence-electron chi connectivity index (χ4n) is 2.30. The third kappa shape index (κ3) is 3.95. The van der Waals surface area contributed by atoms with Gasteiger partial charge < -0.3 is 10.1 Å². The molecule has 2 aromatic carbocycles. The zero-order valence-electron chi connectivity index (χ0n) is 13.1. The third-order valence-corrected chi connectivity index (χ3v) is 5.41. The van der Waals surface area contributed by atoms with Gasteiger partial charge in [0.1, 0.15) is 4.88 Å². The molecule has 0 atom stereocenters. The second-order valence-corrected chi connectivity index (χ2v) is 7.19. The lowest BCUT2D eigenvalue weighted by molar-refractivity contribution is -0.119. The van der Waals surface area contributed by atoms with Crippen LogP contribution in [0.1, 0.15) is 15.2 Å². The predicted molar refractivity (Wildman–Crippen MR) is 102 cm³/mol. The van der Waals surface area contributed by atoms with E-state index in [0.29, 0.717) is 20.6 Å². The van der Waals surface area contributed by atoms with Crippen molar-refractivity contribution in [2.24, 2.45) is 0 Å². The van der Waals surface area contributed by atoms with Crippen molar-refractivity contribution in [1.29, 1.82) is 0 Å². The SMILES string of the molecule is Cc1cc(Cl)ccc1NC(=O)COC(=O)c1sc2ccccc2c1Cl. The van der Waals surface area contributed by atoms with Gasteiger partial charge in [0, 0.05) is 20.8 Å². The van der Waals surface area contributed by atoms with Crippen molar-refractivity contribution in [2.45, 2.75) is 6.92 Å². The van der Waals surface area contributed by atoms with Gasteiger partial charge in [-0.25, -0.2) is 4.79 Å². The number of thiophene rings is 1. The minimum Gasteiger partial charge on any atom is -0.451 e. The van der Waals surface area contributed by atoms with Gasteiger partial charge in [-0.2, -0.15) is 0 Å². The average Bonchev–Trinajstić information content (AvgIpc) is 2.93. The van der Waals surface area contributed by atoms with Crippen molar-refractivity contribution in [3.63, 3.8) is 0 Å². The van der Waals surface area contributed by atoms with Gasteiger partial charge in [0.05, 0.1) is 5.02 Å². The van der Waals surface area contributed by atoms with Gasteiger partial charge in [0.15, 0.2) is 6.61 Å². The van der Waals surface area contributed by atoms with Crippen LogP contribution in [0.25, 0.3) is 10.1 Å². The van der Waals surface area contributed by atoms with Crippen LogP contribution in [0.5, 0.6) is 0 Å². The molecule has 7 heteroatoms. The van der Waals surface area contributed by atoms with E-state index in [-0.39, 0.29) is 0 Å². The molecule has 4 nitrogen and oxygen atoms in total. The summed E-state index contributed by atoms with van der Waals surface area (Å²) in [7, 11) is 0. The van der Waals surface area contributed by atoms with Crippen molar-refractivity contribution in [3.05, 3.63) is 63.0 Å². The van der Waals surface area contributed by atoms with Crippen LogP contribution in [0.15, 0.2) is 42.5 Å². The summed E-state index contributed by atoms with van der Waals surface area (Å²) in [5, 5.41) is 4.41. The lowest BCUT2D eigenvalue weighted by Crippen LogP contribution is -2.21. The first-order valence-electron chi connectivity index (χ1n) is 7.36. The van der Waals surface area contributed by atoms with E-state index in [2.05, 4.69) is 5.32 Å². The number of rotatable bonds is 4. The monoisotopic (exact) mass is 393 g/mol. The van der Waals surface area contributed by atoms with E-state index in [1.807, 2.05) is 31.2 Å². The Bertz CT molecular complexity index is 968. The maximum atomic E-state index is 12.2. The van der Waals surface area contributed by atoms with Gasteiger partial charge in [-0.05, 0) is 36.8 Å². The van der Waals surface area contributed by atoms with Crippen molar-refractivity contribution in [3.8, 4) is 0 Å². The molecule has 1 amide bonds. The molecule has 1 N–H and O–H groups in total. The minimum atomic E-state index is -0.617. The van der Waals surface area contributed by atoms with Gasteiger partial charge in [0.2, 0.25) is 0 Å². The van der Waals surface area contributed by atoms with E-state index in [1.165, 1.54) is 11.3 Å².